The van der Waals surface area contributed by atoms with Crippen LogP contribution in [0.5, 0.6) is 11.5 Å². The van der Waals surface area contributed by atoms with E-state index in [2.05, 4.69) is 13.0 Å². The third-order valence-electron chi connectivity index (χ3n) is 5.64. The summed E-state index contributed by atoms with van der Waals surface area (Å²) in [5, 5.41) is 19.9. The smallest absolute Gasteiger partial charge is 0.166 e. The monoisotopic (exact) mass is 342 g/mol. The van der Waals surface area contributed by atoms with Gasteiger partial charge >= 0.3 is 0 Å². The Morgan fingerprint density at radius 1 is 1.56 bits per heavy atom. The van der Waals surface area contributed by atoms with Crippen molar-refractivity contribution >= 4 is 0 Å². The molecule has 5 nitrogen and oxygen atoms in total. The van der Waals surface area contributed by atoms with Crippen LogP contribution < -0.4 is 9.47 Å². The Morgan fingerprint density at radius 3 is 2.88 bits per heavy atom. The van der Waals surface area contributed by atoms with E-state index in [0.717, 1.165) is 23.2 Å². The summed E-state index contributed by atoms with van der Waals surface area (Å²) in [5.41, 5.74) is 2.65. The first-order chi connectivity index (χ1) is 11.9. The lowest BCUT2D eigenvalue weighted by atomic mass is 9.70. The van der Waals surface area contributed by atoms with Gasteiger partial charge in [0.05, 0.1) is 24.7 Å². The summed E-state index contributed by atoms with van der Waals surface area (Å²) >= 11 is 0. The molecule has 0 saturated carbocycles. The zero-order valence-electron chi connectivity index (χ0n) is 15.5. The average molecular weight is 342 g/mol. The molecule has 1 N–H and O–H groups in total. The van der Waals surface area contributed by atoms with Gasteiger partial charge in [0.15, 0.2) is 11.5 Å². The Bertz CT molecular complexity index is 752. The van der Waals surface area contributed by atoms with Crippen LogP contribution in [0, 0.1) is 18.3 Å². The molecule has 0 amide bonds. The highest BCUT2D eigenvalue weighted by molar-refractivity contribution is 5.63. The van der Waals surface area contributed by atoms with Crippen LogP contribution in [-0.4, -0.2) is 42.9 Å². The number of rotatable bonds is 4. The molecule has 1 aliphatic heterocycles. The van der Waals surface area contributed by atoms with E-state index in [1.54, 1.807) is 7.11 Å². The van der Waals surface area contributed by atoms with Crippen LogP contribution in [0.2, 0.25) is 0 Å². The second kappa shape index (κ2) is 6.36. The van der Waals surface area contributed by atoms with E-state index in [9.17, 15) is 10.4 Å². The average Bonchev–Trinajstić information content (AvgIpc) is 2.89. The van der Waals surface area contributed by atoms with Crippen molar-refractivity contribution in [2.24, 2.45) is 0 Å². The lowest BCUT2D eigenvalue weighted by molar-refractivity contribution is 0.0931. The van der Waals surface area contributed by atoms with Crippen molar-refractivity contribution in [3.05, 3.63) is 34.9 Å². The Kier molecular flexibility index (Phi) is 4.52. The molecule has 0 aromatic heterocycles. The predicted octanol–water partition coefficient (Wildman–Crippen LogP) is 2.86. The molecule has 0 radical (unpaired) electrons. The lowest BCUT2D eigenvalue weighted by Gasteiger charge is -2.34. The number of benzene rings is 1. The van der Waals surface area contributed by atoms with E-state index in [-0.39, 0.29) is 17.6 Å². The molecular formula is C20H26N2O3. The van der Waals surface area contributed by atoms with Crippen molar-refractivity contribution in [2.75, 3.05) is 20.7 Å². The number of aryl methyl sites for hydroxylation is 1. The largest absolute Gasteiger partial charge is 0.493 e. The van der Waals surface area contributed by atoms with Crippen molar-refractivity contribution in [2.45, 2.75) is 50.9 Å². The molecule has 3 rings (SSSR count). The maximum Gasteiger partial charge on any atom is 0.166 e. The first-order valence-corrected chi connectivity index (χ1v) is 8.73. The maximum atomic E-state index is 10.0. The summed E-state index contributed by atoms with van der Waals surface area (Å²) in [4.78, 5) is 2.03. The van der Waals surface area contributed by atoms with E-state index in [1.807, 2.05) is 44.0 Å². The van der Waals surface area contributed by atoms with Crippen LogP contribution in [0.3, 0.4) is 0 Å². The molecule has 1 aliphatic carbocycles. The number of ether oxygens (including phenoxy) is 2. The molecule has 5 heteroatoms. The van der Waals surface area contributed by atoms with Crippen LogP contribution in [0.25, 0.3) is 0 Å². The van der Waals surface area contributed by atoms with Gasteiger partial charge in [0.2, 0.25) is 0 Å². The van der Waals surface area contributed by atoms with Gasteiger partial charge in [-0.15, -0.1) is 0 Å². The minimum absolute atomic E-state index is 0.164. The summed E-state index contributed by atoms with van der Waals surface area (Å²) in [6.07, 6.45) is 3.72. The molecule has 0 fully saturated rings. The minimum Gasteiger partial charge on any atom is -0.493 e. The van der Waals surface area contributed by atoms with Crippen LogP contribution in [0.4, 0.5) is 0 Å². The quantitative estimate of drug-likeness (QED) is 0.853. The van der Waals surface area contributed by atoms with Gasteiger partial charge in [0.25, 0.3) is 0 Å². The number of nitrogens with zero attached hydrogens (tertiary/aromatic N) is 2. The van der Waals surface area contributed by atoms with Crippen molar-refractivity contribution in [1.82, 2.24) is 4.90 Å². The van der Waals surface area contributed by atoms with Crippen LogP contribution in [0.1, 0.15) is 43.0 Å². The van der Waals surface area contributed by atoms with Crippen LogP contribution in [-0.2, 0) is 5.41 Å². The van der Waals surface area contributed by atoms with Gasteiger partial charge in [0.1, 0.15) is 12.1 Å². The zero-order chi connectivity index (χ0) is 18.4. The number of aliphatic hydroxyl groups is 1. The third kappa shape index (κ3) is 2.61. The summed E-state index contributed by atoms with van der Waals surface area (Å²) in [5.74, 6) is 1.39. The fraction of sp³-hybridized carbons (Fsp3) is 0.550. The first-order valence-electron chi connectivity index (χ1n) is 8.73. The molecule has 0 saturated heterocycles. The number of methoxy groups -OCH3 is 1. The third-order valence-corrected chi connectivity index (χ3v) is 5.64. The van der Waals surface area contributed by atoms with Crippen LogP contribution >= 0.6 is 0 Å². The number of aliphatic hydroxyl groups excluding tert-OH is 1. The molecule has 0 bridgehead atoms. The fourth-order valence-electron chi connectivity index (χ4n) is 4.02. The minimum atomic E-state index is -0.506. The number of hydrogen-bond donors (Lipinski definition) is 1. The second-order valence-corrected chi connectivity index (χ2v) is 7.17. The number of fused-ring (bicyclic) bond motifs is 3. The van der Waals surface area contributed by atoms with Crippen molar-refractivity contribution in [3.63, 3.8) is 0 Å². The standard InChI is InChI=1S/C20H26N2O3/c1-6-22(4)14(11-21)17-12(2)9-15(24-5)19-18(17)20(3)8-7-13(23)10-16(20)25-19/h7-9,13-14,16,23H,6,10H2,1-5H3. The maximum absolute atomic E-state index is 10.0. The summed E-state index contributed by atoms with van der Waals surface area (Å²) in [6, 6.07) is 4.04. The molecule has 2 aliphatic rings. The zero-order valence-corrected chi connectivity index (χ0v) is 15.5. The molecule has 4 unspecified atom stereocenters. The van der Waals surface area contributed by atoms with Gasteiger partial charge in [-0.2, -0.15) is 5.26 Å². The van der Waals surface area contributed by atoms with E-state index in [1.165, 1.54) is 0 Å². The normalized spacial score (nSPS) is 28.1. The highest BCUT2D eigenvalue weighted by Gasteiger charge is 2.50. The van der Waals surface area contributed by atoms with Crippen LogP contribution in [0.15, 0.2) is 18.2 Å². The number of nitriles is 1. The molecule has 25 heavy (non-hydrogen) atoms. The summed E-state index contributed by atoms with van der Waals surface area (Å²) in [7, 11) is 3.59. The fourth-order valence-corrected chi connectivity index (χ4v) is 4.02. The molecule has 1 heterocycles. The predicted molar refractivity (Wildman–Crippen MR) is 95.9 cm³/mol. The second-order valence-electron chi connectivity index (χ2n) is 7.17. The molecule has 134 valence electrons. The van der Waals surface area contributed by atoms with Gasteiger partial charge in [-0.3, -0.25) is 4.90 Å². The van der Waals surface area contributed by atoms with Gasteiger partial charge in [0, 0.05) is 12.0 Å². The highest BCUT2D eigenvalue weighted by Crippen LogP contribution is 2.55. The van der Waals surface area contributed by atoms with E-state index in [4.69, 9.17) is 9.47 Å². The van der Waals surface area contributed by atoms with Gasteiger partial charge in [-0.25, -0.2) is 0 Å². The topological polar surface area (TPSA) is 65.7 Å². The lowest BCUT2D eigenvalue weighted by Crippen LogP contribution is -2.40. The Labute approximate surface area is 149 Å². The molecule has 0 spiro atoms. The van der Waals surface area contributed by atoms with Gasteiger partial charge in [-0.05, 0) is 44.6 Å². The number of hydrogen-bond acceptors (Lipinski definition) is 5. The van der Waals surface area contributed by atoms with E-state index >= 15 is 0 Å². The van der Waals surface area contributed by atoms with Crippen molar-refractivity contribution in [3.8, 4) is 17.6 Å². The van der Waals surface area contributed by atoms with Gasteiger partial charge in [-0.1, -0.05) is 19.1 Å². The van der Waals surface area contributed by atoms with Crippen molar-refractivity contribution in [1.29, 1.82) is 5.26 Å². The molecule has 4 atom stereocenters. The van der Waals surface area contributed by atoms with Crippen molar-refractivity contribution < 1.29 is 14.6 Å². The highest BCUT2D eigenvalue weighted by atomic mass is 16.5. The Morgan fingerprint density at radius 2 is 2.28 bits per heavy atom. The molecule has 1 aromatic carbocycles. The first kappa shape index (κ1) is 17.8. The summed E-state index contributed by atoms with van der Waals surface area (Å²) in [6.45, 7) is 6.95. The van der Waals surface area contributed by atoms with E-state index in [0.29, 0.717) is 17.9 Å². The van der Waals surface area contributed by atoms with Gasteiger partial charge < -0.3 is 14.6 Å². The van der Waals surface area contributed by atoms with E-state index < -0.39 is 6.10 Å². The Hall–Kier alpha value is -2.03. The SMILES string of the molecule is CCN(C)C(C#N)c1c(C)cc(OC)c2c1C1(C)C=CC(O)CC1O2. The molecular weight excluding hydrogens is 316 g/mol. The summed E-state index contributed by atoms with van der Waals surface area (Å²) < 4.78 is 11.8. The Balaban J connectivity index is 2.28. The molecule has 1 aromatic rings.